The second kappa shape index (κ2) is 8.50. The molecule has 1 saturated heterocycles. The van der Waals surface area contributed by atoms with Gasteiger partial charge in [0.25, 0.3) is 11.5 Å². The number of nitrogens with one attached hydrogen (secondary N) is 1. The van der Waals surface area contributed by atoms with E-state index in [1.54, 1.807) is 6.07 Å². The quantitative estimate of drug-likeness (QED) is 0.780. The summed E-state index contributed by atoms with van der Waals surface area (Å²) in [5, 5.41) is 9.42. The Morgan fingerprint density at radius 2 is 1.73 bits per heavy atom. The van der Waals surface area contributed by atoms with Gasteiger partial charge in [-0.05, 0) is 59.9 Å². The van der Waals surface area contributed by atoms with Crippen LogP contribution in [0, 0.1) is 0 Å². The van der Waals surface area contributed by atoms with Gasteiger partial charge < -0.3 is 10.2 Å². The van der Waals surface area contributed by atoms with Crippen molar-refractivity contribution in [3.8, 4) is 0 Å². The Labute approximate surface area is 179 Å². The van der Waals surface area contributed by atoms with Gasteiger partial charge >= 0.3 is 0 Å². The molecule has 1 aliphatic rings. The molecule has 1 aromatic carbocycles. The van der Waals surface area contributed by atoms with E-state index < -0.39 is 0 Å². The number of aromatic nitrogens is 2. The number of amides is 1. The fourth-order valence-electron chi connectivity index (χ4n) is 5.01. The summed E-state index contributed by atoms with van der Waals surface area (Å²) >= 11 is 0. The highest BCUT2D eigenvalue weighted by Crippen LogP contribution is 2.32. The van der Waals surface area contributed by atoms with E-state index in [2.05, 4.69) is 45.0 Å². The Bertz CT molecular complexity index is 961. The first-order valence-electron chi connectivity index (χ1n) is 11.2. The summed E-state index contributed by atoms with van der Waals surface area (Å²) in [7, 11) is 0. The highest BCUT2D eigenvalue weighted by atomic mass is 16.2. The number of rotatable bonds is 6. The first-order chi connectivity index (χ1) is 14.1. The van der Waals surface area contributed by atoms with E-state index in [1.807, 2.05) is 30.0 Å². The summed E-state index contributed by atoms with van der Waals surface area (Å²) in [6.07, 6.45) is 3.74. The molecule has 2 heterocycles. The van der Waals surface area contributed by atoms with Crippen LogP contribution in [0.2, 0.25) is 0 Å². The van der Waals surface area contributed by atoms with Crippen molar-refractivity contribution in [2.75, 3.05) is 6.54 Å². The number of piperidine rings is 1. The molecule has 0 spiro atoms. The number of fused-ring (bicyclic) bond motifs is 1. The van der Waals surface area contributed by atoms with Crippen LogP contribution in [0.15, 0.2) is 29.1 Å². The zero-order valence-electron chi connectivity index (χ0n) is 19.3. The van der Waals surface area contributed by atoms with Crippen LogP contribution < -0.4 is 10.9 Å². The molecule has 30 heavy (non-hydrogen) atoms. The monoisotopic (exact) mass is 412 g/mol. The van der Waals surface area contributed by atoms with Crippen LogP contribution in [0.5, 0.6) is 0 Å². The van der Waals surface area contributed by atoms with Crippen LogP contribution >= 0.6 is 0 Å². The molecule has 0 radical (unpaired) electrons. The van der Waals surface area contributed by atoms with Gasteiger partial charge in [0, 0.05) is 35.6 Å². The van der Waals surface area contributed by atoms with E-state index in [1.165, 1.54) is 4.68 Å². The Morgan fingerprint density at radius 1 is 1.13 bits per heavy atom. The van der Waals surface area contributed by atoms with Crippen LogP contribution in [-0.2, 0) is 6.54 Å². The number of carbonyl (C=O) groups is 1. The van der Waals surface area contributed by atoms with Gasteiger partial charge in [-0.2, -0.15) is 5.10 Å². The van der Waals surface area contributed by atoms with Gasteiger partial charge in [0.15, 0.2) is 5.69 Å². The largest absolute Gasteiger partial charge is 0.334 e. The maximum atomic E-state index is 13.9. The van der Waals surface area contributed by atoms with Crippen LogP contribution in [-0.4, -0.2) is 44.3 Å². The van der Waals surface area contributed by atoms with Crippen LogP contribution in [0.4, 0.5) is 0 Å². The Balaban J connectivity index is 2.09. The molecule has 6 nitrogen and oxygen atoms in total. The van der Waals surface area contributed by atoms with Crippen molar-refractivity contribution in [3.05, 3.63) is 40.3 Å². The van der Waals surface area contributed by atoms with Gasteiger partial charge in [-0.25, -0.2) is 4.68 Å². The molecule has 6 heteroatoms. The summed E-state index contributed by atoms with van der Waals surface area (Å²) in [6, 6.07) is 7.45. The standard InChI is InChI=1S/C24H36N4O2/c1-7-9-14-27(17-15-23(3,4)26-24(5,6)16-17)22(30)20-18-12-10-11-13-19(18)21(29)28(8-2)25-20/h10-13,17,26H,7-9,14-16H2,1-6H3. The maximum absolute atomic E-state index is 13.9. The van der Waals surface area contributed by atoms with Gasteiger partial charge in [0.1, 0.15) is 0 Å². The van der Waals surface area contributed by atoms with Crippen LogP contribution in [0.3, 0.4) is 0 Å². The molecule has 0 bridgehead atoms. The van der Waals surface area contributed by atoms with Crippen molar-refractivity contribution in [3.63, 3.8) is 0 Å². The molecular formula is C24H36N4O2. The fraction of sp³-hybridized carbons (Fsp3) is 0.625. The molecule has 1 N–H and O–H groups in total. The van der Waals surface area contributed by atoms with Gasteiger partial charge in [0.2, 0.25) is 0 Å². The second-order valence-corrected chi connectivity index (χ2v) is 9.82. The first kappa shape index (κ1) is 22.5. The summed E-state index contributed by atoms with van der Waals surface area (Å²) in [4.78, 5) is 28.6. The van der Waals surface area contributed by atoms with Gasteiger partial charge in [-0.1, -0.05) is 31.5 Å². The lowest BCUT2D eigenvalue weighted by Gasteiger charge is -2.49. The van der Waals surface area contributed by atoms with E-state index in [4.69, 9.17) is 0 Å². The zero-order valence-corrected chi connectivity index (χ0v) is 19.3. The Morgan fingerprint density at radius 3 is 2.30 bits per heavy atom. The average molecular weight is 413 g/mol. The van der Waals surface area contributed by atoms with Crippen molar-refractivity contribution in [1.82, 2.24) is 20.0 Å². The van der Waals surface area contributed by atoms with Gasteiger partial charge in [-0.15, -0.1) is 0 Å². The van der Waals surface area contributed by atoms with Crippen molar-refractivity contribution < 1.29 is 4.79 Å². The summed E-state index contributed by atoms with van der Waals surface area (Å²) < 4.78 is 1.41. The molecule has 0 saturated carbocycles. The number of unbranched alkanes of at least 4 members (excludes halogenated alkanes) is 1. The molecule has 3 rings (SSSR count). The lowest BCUT2D eigenvalue weighted by molar-refractivity contribution is 0.0436. The predicted octanol–water partition coefficient (Wildman–Crippen LogP) is 3.97. The minimum Gasteiger partial charge on any atom is -0.334 e. The normalized spacial score (nSPS) is 18.5. The van der Waals surface area contributed by atoms with Crippen molar-refractivity contribution >= 4 is 16.7 Å². The Hall–Kier alpha value is -2.21. The topological polar surface area (TPSA) is 67.2 Å². The minimum atomic E-state index is -0.145. The first-order valence-corrected chi connectivity index (χ1v) is 11.2. The highest BCUT2D eigenvalue weighted by Gasteiger charge is 2.41. The van der Waals surface area contributed by atoms with Crippen LogP contribution in [0.25, 0.3) is 10.8 Å². The van der Waals surface area contributed by atoms with E-state index in [0.29, 0.717) is 29.6 Å². The molecule has 1 amide bonds. The molecule has 1 aromatic heterocycles. The third-order valence-electron chi connectivity index (χ3n) is 5.99. The average Bonchev–Trinajstić information content (AvgIpc) is 2.66. The third kappa shape index (κ3) is 4.59. The SMILES string of the molecule is CCCCN(C(=O)c1nn(CC)c(=O)c2ccccc12)C1CC(C)(C)NC(C)(C)C1. The van der Waals surface area contributed by atoms with Gasteiger partial charge in [0.05, 0.1) is 5.39 Å². The predicted molar refractivity (Wildman–Crippen MR) is 122 cm³/mol. The van der Waals surface area contributed by atoms with Crippen molar-refractivity contribution in [2.45, 2.75) is 90.9 Å². The molecule has 2 aromatic rings. The van der Waals surface area contributed by atoms with Crippen molar-refractivity contribution in [2.24, 2.45) is 0 Å². The maximum Gasteiger partial charge on any atom is 0.275 e. The molecule has 0 atom stereocenters. The molecule has 1 aliphatic heterocycles. The summed E-state index contributed by atoms with van der Waals surface area (Å²) in [6.45, 7) is 14.0. The number of hydrogen-bond acceptors (Lipinski definition) is 4. The lowest BCUT2D eigenvalue weighted by Crippen LogP contribution is -2.63. The smallest absolute Gasteiger partial charge is 0.275 e. The van der Waals surface area contributed by atoms with E-state index in [-0.39, 0.29) is 28.6 Å². The third-order valence-corrected chi connectivity index (χ3v) is 5.99. The van der Waals surface area contributed by atoms with E-state index >= 15 is 0 Å². The fourth-order valence-corrected chi connectivity index (χ4v) is 5.01. The molecule has 1 fully saturated rings. The summed E-state index contributed by atoms with van der Waals surface area (Å²) in [5.41, 5.74) is 0.121. The number of aryl methyl sites for hydroxylation is 1. The second-order valence-electron chi connectivity index (χ2n) is 9.82. The summed E-state index contributed by atoms with van der Waals surface area (Å²) in [5.74, 6) is -0.0691. The number of hydrogen-bond donors (Lipinski definition) is 1. The van der Waals surface area contributed by atoms with E-state index in [0.717, 1.165) is 25.7 Å². The number of carbonyl (C=O) groups excluding carboxylic acids is 1. The molecule has 164 valence electrons. The molecule has 0 unspecified atom stereocenters. The minimum absolute atomic E-state index is 0.0607. The Kier molecular flexibility index (Phi) is 6.37. The molecule has 0 aliphatic carbocycles. The van der Waals surface area contributed by atoms with Crippen LogP contribution in [0.1, 0.15) is 77.7 Å². The number of benzene rings is 1. The lowest BCUT2D eigenvalue weighted by atomic mass is 9.79. The number of nitrogens with zero attached hydrogens (tertiary/aromatic N) is 3. The zero-order chi connectivity index (χ0) is 22.1. The van der Waals surface area contributed by atoms with E-state index in [9.17, 15) is 9.59 Å². The highest BCUT2D eigenvalue weighted by molar-refractivity contribution is 6.04. The molecular weight excluding hydrogens is 376 g/mol. The van der Waals surface area contributed by atoms with Crippen molar-refractivity contribution in [1.29, 1.82) is 0 Å². The van der Waals surface area contributed by atoms with Gasteiger partial charge in [-0.3, -0.25) is 9.59 Å².